The van der Waals surface area contributed by atoms with Crippen molar-refractivity contribution >= 4 is 0 Å². The topological polar surface area (TPSA) is 33.3 Å². The van der Waals surface area contributed by atoms with Crippen LogP contribution in [0.2, 0.25) is 0 Å². The van der Waals surface area contributed by atoms with E-state index >= 15 is 0 Å². The molecule has 96 valence electrons. The zero-order chi connectivity index (χ0) is 11.9. The second-order valence-electron chi connectivity index (χ2n) is 4.00. The van der Waals surface area contributed by atoms with Gasteiger partial charge in [0.05, 0.1) is 0 Å². The third-order valence-corrected chi connectivity index (χ3v) is 2.22. The molecule has 0 aromatic rings. The second-order valence-corrected chi connectivity index (χ2v) is 4.00. The highest BCUT2D eigenvalue weighted by Crippen LogP contribution is 2.17. The van der Waals surface area contributed by atoms with Crippen molar-refractivity contribution in [3.05, 3.63) is 0 Å². The lowest BCUT2D eigenvalue weighted by Gasteiger charge is -2.08. The van der Waals surface area contributed by atoms with Crippen LogP contribution in [0.4, 0.5) is 13.2 Å². The minimum absolute atomic E-state index is 0.155. The molecule has 0 radical (unpaired) electrons. The summed E-state index contributed by atoms with van der Waals surface area (Å²) >= 11 is 0. The Balaban J connectivity index is 1.70. The number of ether oxygens (including phenoxy) is 1. The van der Waals surface area contributed by atoms with Crippen molar-refractivity contribution < 1.29 is 17.9 Å². The molecule has 0 atom stereocenters. The SMILES string of the molecule is FC(F)(F)COCCCNCCNC1CC1. The minimum atomic E-state index is -4.21. The predicted molar refractivity (Wildman–Crippen MR) is 55.4 cm³/mol. The molecule has 1 aliphatic carbocycles. The monoisotopic (exact) mass is 240 g/mol. The van der Waals surface area contributed by atoms with Crippen LogP contribution in [0.15, 0.2) is 0 Å². The second kappa shape index (κ2) is 7.09. The van der Waals surface area contributed by atoms with Gasteiger partial charge in [-0.15, -0.1) is 0 Å². The standard InChI is InChI=1S/C10H19F3N2O/c11-10(12,13)8-16-7-1-4-14-5-6-15-9-2-3-9/h9,14-15H,1-8H2. The van der Waals surface area contributed by atoms with Gasteiger partial charge < -0.3 is 15.4 Å². The fourth-order valence-corrected chi connectivity index (χ4v) is 1.26. The van der Waals surface area contributed by atoms with E-state index in [0.29, 0.717) is 19.0 Å². The summed E-state index contributed by atoms with van der Waals surface area (Å²) in [7, 11) is 0. The molecule has 0 aliphatic heterocycles. The molecule has 0 heterocycles. The van der Waals surface area contributed by atoms with Crippen molar-refractivity contribution in [3.8, 4) is 0 Å². The molecule has 1 rings (SSSR count). The van der Waals surface area contributed by atoms with Crippen LogP contribution in [0.25, 0.3) is 0 Å². The lowest BCUT2D eigenvalue weighted by atomic mass is 10.4. The maximum Gasteiger partial charge on any atom is 0.411 e. The third-order valence-electron chi connectivity index (χ3n) is 2.22. The van der Waals surface area contributed by atoms with Crippen LogP contribution in [0, 0.1) is 0 Å². The Hall–Kier alpha value is -0.330. The summed E-state index contributed by atoms with van der Waals surface area (Å²) in [6, 6.07) is 0.705. The number of nitrogens with one attached hydrogen (secondary N) is 2. The van der Waals surface area contributed by atoms with E-state index < -0.39 is 12.8 Å². The largest absolute Gasteiger partial charge is 0.411 e. The van der Waals surface area contributed by atoms with Gasteiger partial charge >= 0.3 is 6.18 Å². The number of hydrogen-bond donors (Lipinski definition) is 2. The van der Waals surface area contributed by atoms with Gasteiger partial charge in [0.15, 0.2) is 0 Å². The smallest absolute Gasteiger partial charge is 0.372 e. The Kier molecular flexibility index (Phi) is 6.08. The first kappa shape index (κ1) is 13.7. The molecule has 16 heavy (non-hydrogen) atoms. The molecule has 0 aromatic carbocycles. The summed E-state index contributed by atoms with van der Waals surface area (Å²) in [6.07, 6.45) is -1.06. The molecule has 0 bridgehead atoms. The summed E-state index contributed by atoms with van der Waals surface area (Å²) in [5.41, 5.74) is 0. The molecule has 6 heteroatoms. The van der Waals surface area contributed by atoms with Gasteiger partial charge in [-0.3, -0.25) is 0 Å². The van der Waals surface area contributed by atoms with Crippen molar-refractivity contribution in [2.24, 2.45) is 0 Å². The van der Waals surface area contributed by atoms with E-state index in [1.54, 1.807) is 0 Å². The Morgan fingerprint density at radius 3 is 2.50 bits per heavy atom. The van der Waals surface area contributed by atoms with Crippen molar-refractivity contribution in [1.29, 1.82) is 0 Å². The van der Waals surface area contributed by atoms with Gasteiger partial charge in [0.25, 0.3) is 0 Å². The fraction of sp³-hybridized carbons (Fsp3) is 1.00. The van der Waals surface area contributed by atoms with Gasteiger partial charge in [-0.2, -0.15) is 13.2 Å². The van der Waals surface area contributed by atoms with E-state index in [1.807, 2.05) is 0 Å². The Morgan fingerprint density at radius 2 is 1.88 bits per heavy atom. The van der Waals surface area contributed by atoms with Crippen molar-refractivity contribution in [2.75, 3.05) is 32.8 Å². The molecule has 0 saturated heterocycles. The lowest BCUT2D eigenvalue weighted by Crippen LogP contribution is -2.29. The summed E-state index contributed by atoms with van der Waals surface area (Å²) in [4.78, 5) is 0. The maximum absolute atomic E-state index is 11.7. The van der Waals surface area contributed by atoms with Crippen molar-refractivity contribution in [1.82, 2.24) is 10.6 Å². The van der Waals surface area contributed by atoms with Gasteiger partial charge in [0.2, 0.25) is 0 Å². The number of rotatable bonds is 9. The minimum Gasteiger partial charge on any atom is -0.372 e. The molecule has 2 N–H and O–H groups in total. The van der Waals surface area contributed by atoms with Crippen LogP contribution in [-0.4, -0.2) is 45.1 Å². The van der Waals surface area contributed by atoms with Crippen LogP contribution in [0.3, 0.4) is 0 Å². The number of halogens is 3. The molecule has 3 nitrogen and oxygen atoms in total. The number of hydrogen-bond acceptors (Lipinski definition) is 3. The van der Waals surface area contributed by atoms with E-state index in [2.05, 4.69) is 15.4 Å². The molecule has 1 aliphatic rings. The van der Waals surface area contributed by atoms with Gasteiger partial charge in [0.1, 0.15) is 6.61 Å². The molecule has 1 saturated carbocycles. The summed E-state index contributed by atoms with van der Waals surface area (Å²) in [5, 5.41) is 6.48. The summed E-state index contributed by atoms with van der Waals surface area (Å²) in [5.74, 6) is 0. The Morgan fingerprint density at radius 1 is 1.12 bits per heavy atom. The fourth-order valence-electron chi connectivity index (χ4n) is 1.26. The highest BCUT2D eigenvalue weighted by molar-refractivity contribution is 4.80. The average molecular weight is 240 g/mol. The van der Waals surface area contributed by atoms with Crippen LogP contribution in [-0.2, 0) is 4.74 Å². The van der Waals surface area contributed by atoms with Crippen molar-refractivity contribution in [3.63, 3.8) is 0 Å². The highest BCUT2D eigenvalue weighted by Gasteiger charge is 2.27. The molecule has 0 spiro atoms. The molecule has 0 unspecified atom stereocenters. The predicted octanol–water partition coefficient (Wildman–Crippen LogP) is 1.30. The van der Waals surface area contributed by atoms with E-state index in [1.165, 1.54) is 12.8 Å². The normalized spacial score (nSPS) is 16.7. The van der Waals surface area contributed by atoms with Crippen LogP contribution in [0.5, 0.6) is 0 Å². The zero-order valence-corrected chi connectivity index (χ0v) is 9.28. The quantitative estimate of drug-likeness (QED) is 0.596. The number of alkyl halides is 3. The van der Waals surface area contributed by atoms with Crippen LogP contribution >= 0.6 is 0 Å². The first-order valence-electron chi connectivity index (χ1n) is 5.66. The maximum atomic E-state index is 11.7. The zero-order valence-electron chi connectivity index (χ0n) is 9.28. The van der Waals surface area contributed by atoms with Gasteiger partial charge in [-0.25, -0.2) is 0 Å². The highest BCUT2D eigenvalue weighted by atomic mass is 19.4. The molecule has 1 fully saturated rings. The molecule has 0 aromatic heterocycles. The molecular formula is C10H19F3N2O. The Labute approximate surface area is 93.7 Å². The van der Waals surface area contributed by atoms with Crippen molar-refractivity contribution in [2.45, 2.75) is 31.5 Å². The van der Waals surface area contributed by atoms with E-state index in [9.17, 15) is 13.2 Å². The first-order chi connectivity index (χ1) is 7.58. The lowest BCUT2D eigenvalue weighted by molar-refractivity contribution is -0.173. The molecule has 0 amide bonds. The van der Waals surface area contributed by atoms with Gasteiger partial charge in [-0.1, -0.05) is 0 Å². The summed E-state index contributed by atoms with van der Waals surface area (Å²) < 4.78 is 39.5. The van der Waals surface area contributed by atoms with Gasteiger partial charge in [-0.05, 0) is 25.8 Å². The third kappa shape index (κ3) is 8.94. The van der Waals surface area contributed by atoms with Gasteiger partial charge in [0, 0.05) is 25.7 Å². The van der Waals surface area contributed by atoms with E-state index in [0.717, 1.165) is 13.1 Å². The first-order valence-corrected chi connectivity index (χ1v) is 5.66. The Bertz CT molecular complexity index is 183. The average Bonchev–Trinajstić information content (AvgIpc) is 2.97. The van der Waals surface area contributed by atoms with E-state index in [4.69, 9.17) is 0 Å². The summed E-state index contributed by atoms with van der Waals surface area (Å²) in [6.45, 7) is 1.49. The van der Waals surface area contributed by atoms with Crippen LogP contribution < -0.4 is 10.6 Å². The van der Waals surface area contributed by atoms with Crippen LogP contribution in [0.1, 0.15) is 19.3 Å². The molecular weight excluding hydrogens is 221 g/mol. The van der Waals surface area contributed by atoms with E-state index in [-0.39, 0.29) is 6.61 Å².